The van der Waals surface area contributed by atoms with Crippen LogP contribution in [0.3, 0.4) is 0 Å². The highest BCUT2D eigenvalue weighted by Gasteiger charge is 2.08. The van der Waals surface area contributed by atoms with Gasteiger partial charge in [0.1, 0.15) is 11.6 Å². The molecule has 24 heavy (non-hydrogen) atoms. The number of carbonyl (C=O) groups excluding carboxylic acids is 2. The summed E-state index contributed by atoms with van der Waals surface area (Å²) in [5, 5.41) is 15.3. The maximum Gasteiger partial charge on any atom is 0.240 e. The van der Waals surface area contributed by atoms with Gasteiger partial charge in [0, 0.05) is 12.8 Å². The zero-order valence-corrected chi connectivity index (χ0v) is 12.7. The molecule has 0 aliphatic carbocycles. The molecule has 0 fully saturated rings. The fourth-order valence-corrected chi connectivity index (χ4v) is 1.80. The van der Waals surface area contributed by atoms with Crippen molar-refractivity contribution in [3.63, 3.8) is 0 Å². The van der Waals surface area contributed by atoms with E-state index in [1.807, 2.05) is 0 Å². The number of carbonyl (C=O) groups is 2. The highest BCUT2D eigenvalue weighted by Crippen LogP contribution is 2.12. The number of para-hydroxylation sites is 1. The fraction of sp³-hybridized carbons (Fsp3) is 0.118. The van der Waals surface area contributed by atoms with Gasteiger partial charge in [-0.15, -0.1) is 0 Å². The number of phenols is 1. The topological polar surface area (TPSA) is 90.8 Å². The predicted molar refractivity (Wildman–Crippen MR) is 88.1 cm³/mol. The van der Waals surface area contributed by atoms with Crippen LogP contribution in [0.2, 0.25) is 0 Å². The largest absolute Gasteiger partial charge is 0.508 e. The maximum atomic E-state index is 13.4. The van der Waals surface area contributed by atoms with Gasteiger partial charge in [-0.2, -0.15) is 5.10 Å². The van der Waals surface area contributed by atoms with Crippen LogP contribution in [0.1, 0.15) is 18.4 Å². The van der Waals surface area contributed by atoms with Gasteiger partial charge in [-0.3, -0.25) is 9.59 Å². The molecular formula is C17H16FN3O3. The molecule has 124 valence electrons. The lowest BCUT2D eigenvalue weighted by Gasteiger charge is -2.05. The third-order valence-corrected chi connectivity index (χ3v) is 3.02. The molecule has 0 atom stereocenters. The molecule has 0 aliphatic rings. The Morgan fingerprint density at radius 2 is 1.71 bits per heavy atom. The second-order valence-electron chi connectivity index (χ2n) is 4.91. The summed E-state index contributed by atoms with van der Waals surface area (Å²) in [6, 6.07) is 12.1. The van der Waals surface area contributed by atoms with Crippen molar-refractivity contribution in [2.24, 2.45) is 5.10 Å². The summed E-state index contributed by atoms with van der Waals surface area (Å²) in [7, 11) is 0. The van der Waals surface area contributed by atoms with Gasteiger partial charge in [0.05, 0.1) is 11.9 Å². The van der Waals surface area contributed by atoms with Gasteiger partial charge in [-0.25, -0.2) is 9.82 Å². The predicted octanol–water partition coefficient (Wildman–Crippen LogP) is 2.40. The Kier molecular flexibility index (Phi) is 6.01. The van der Waals surface area contributed by atoms with Crippen molar-refractivity contribution in [3.05, 3.63) is 59.9 Å². The van der Waals surface area contributed by atoms with Crippen molar-refractivity contribution in [2.45, 2.75) is 12.8 Å². The number of phenolic OH excluding ortho intramolecular Hbond substituents is 1. The summed E-state index contributed by atoms with van der Waals surface area (Å²) in [6.45, 7) is 0. The summed E-state index contributed by atoms with van der Waals surface area (Å²) in [5.41, 5.74) is 3.07. The molecule has 0 radical (unpaired) electrons. The smallest absolute Gasteiger partial charge is 0.240 e. The molecule has 7 heteroatoms. The first-order chi connectivity index (χ1) is 11.5. The van der Waals surface area contributed by atoms with E-state index in [0.29, 0.717) is 5.56 Å². The van der Waals surface area contributed by atoms with Gasteiger partial charge in [0.25, 0.3) is 0 Å². The van der Waals surface area contributed by atoms with Crippen LogP contribution in [0.4, 0.5) is 10.1 Å². The standard InChI is InChI=1S/C17H16FN3O3/c18-14-3-1-2-4-15(14)20-16(23)9-10-17(24)21-19-11-12-5-7-13(22)8-6-12/h1-8,11,22H,9-10H2,(H,20,23)(H,21,24)/b19-11+. The minimum Gasteiger partial charge on any atom is -0.508 e. The lowest BCUT2D eigenvalue weighted by Crippen LogP contribution is -2.20. The number of amides is 2. The van der Waals surface area contributed by atoms with Gasteiger partial charge >= 0.3 is 0 Å². The average molecular weight is 329 g/mol. The zero-order chi connectivity index (χ0) is 17.4. The van der Waals surface area contributed by atoms with Crippen LogP contribution in [-0.4, -0.2) is 23.1 Å². The molecular weight excluding hydrogens is 313 g/mol. The number of rotatable bonds is 6. The molecule has 0 aromatic heterocycles. The molecule has 2 aromatic rings. The molecule has 6 nitrogen and oxygen atoms in total. The molecule has 2 amide bonds. The Hall–Kier alpha value is -3.22. The molecule has 0 saturated carbocycles. The third kappa shape index (κ3) is 5.53. The first-order valence-electron chi connectivity index (χ1n) is 7.20. The Bertz CT molecular complexity index is 745. The van der Waals surface area contributed by atoms with Crippen LogP contribution < -0.4 is 10.7 Å². The summed E-state index contributed by atoms with van der Waals surface area (Å²) < 4.78 is 13.4. The minimum absolute atomic E-state index is 0.0762. The highest BCUT2D eigenvalue weighted by molar-refractivity contribution is 5.93. The van der Waals surface area contributed by atoms with Gasteiger partial charge in [0.15, 0.2) is 0 Å². The minimum atomic E-state index is -0.534. The van der Waals surface area contributed by atoms with Gasteiger partial charge in [-0.1, -0.05) is 12.1 Å². The summed E-state index contributed by atoms with van der Waals surface area (Å²) in [4.78, 5) is 23.3. The lowest BCUT2D eigenvalue weighted by atomic mass is 10.2. The first kappa shape index (κ1) is 17.1. The number of anilines is 1. The molecule has 0 bridgehead atoms. The van der Waals surface area contributed by atoms with E-state index >= 15 is 0 Å². The van der Waals surface area contributed by atoms with E-state index in [1.54, 1.807) is 18.2 Å². The van der Waals surface area contributed by atoms with Crippen molar-refractivity contribution in [2.75, 3.05) is 5.32 Å². The number of benzene rings is 2. The van der Waals surface area contributed by atoms with Crippen LogP contribution >= 0.6 is 0 Å². The van der Waals surface area contributed by atoms with Crippen molar-refractivity contribution < 1.29 is 19.1 Å². The molecule has 0 saturated heterocycles. The number of aromatic hydroxyl groups is 1. The van der Waals surface area contributed by atoms with E-state index in [1.165, 1.54) is 36.5 Å². The first-order valence-corrected chi connectivity index (χ1v) is 7.20. The molecule has 2 aromatic carbocycles. The zero-order valence-electron chi connectivity index (χ0n) is 12.7. The van der Waals surface area contributed by atoms with Crippen LogP contribution in [0.15, 0.2) is 53.6 Å². The van der Waals surface area contributed by atoms with Crippen molar-refractivity contribution in [1.82, 2.24) is 5.43 Å². The summed E-state index contributed by atoms with van der Waals surface area (Å²) >= 11 is 0. The number of nitrogens with zero attached hydrogens (tertiary/aromatic N) is 1. The quantitative estimate of drug-likeness (QED) is 0.561. The maximum absolute atomic E-state index is 13.4. The van der Waals surface area contributed by atoms with Crippen molar-refractivity contribution in [1.29, 1.82) is 0 Å². The van der Waals surface area contributed by atoms with E-state index in [0.717, 1.165) is 0 Å². The number of halogens is 1. The molecule has 3 N–H and O–H groups in total. The Balaban J connectivity index is 1.73. The van der Waals surface area contributed by atoms with Gasteiger partial charge in [-0.05, 0) is 42.0 Å². The summed E-state index contributed by atoms with van der Waals surface area (Å²) in [5.74, 6) is -1.29. The Labute approximate surface area is 138 Å². The SMILES string of the molecule is O=C(CCC(=O)Nc1ccccc1F)N/N=C/c1ccc(O)cc1. The molecule has 2 rings (SSSR count). The third-order valence-electron chi connectivity index (χ3n) is 3.02. The Morgan fingerprint density at radius 1 is 1.04 bits per heavy atom. The number of hydrazone groups is 1. The van der Waals surface area contributed by atoms with Crippen LogP contribution in [0.5, 0.6) is 5.75 Å². The normalized spacial score (nSPS) is 10.5. The van der Waals surface area contributed by atoms with E-state index in [2.05, 4.69) is 15.8 Å². The van der Waals surface area contributed by atoms with Crippen LogP contribution in [-0.2, 0) is 9.59 Å². The fourth-order valence-electron chi connectivity index (χ4n) is 1.80. The molecule has 0 spiro atoms. The average Bonchev–Trinajstić information content (AvgIpc) is 2.57. The van der Waals surface area contributed by atoms with E-state index in [4.69, 9.17) is 5.11 Å². The number of nitrogens with one attached hydrogen (secondary N) is 2. The van der Waals surface area contributed by atoms with E-state index in [9.17, 15) is 14.0 Å². The van der Waals surface area contributed by atoms with Crippen molar-refractivity contribution in [3.8, 4) is 5.75 Å². The monoisotopic (exact) mass is 329 g/mol. The van der Waals surface area contributed by atoms with E-state index < -0.39 is 17.6 Å². The highest BCUT2D eigenvalue weighted by atomic mass is 19.1. The van der Waals surface area contributed by atoms with Crippen molar-refractivity contribution >= 4 is 23.7 Å². The lowest BCUT2D eigenvalue weighted by molar-refractivity contribution is -0.124. The molecule has 0 aliphatic heterocycles. The van der Waals surface area contributed by atoms with Crippen LogP contribution in [0, 0.1) is 5.82 Å². The summed E-state index contributed by atoms with van der Waals surface area (Å²) in [6.07, 6.45) is 1.25. The van der Waals surface area contributed by atoms with E-state index in [-0.39, 0.29) is 24.3 Å². The second-order valence-corrected chi connectivity index (χ2v) is 4.91. The van der Waals surface area contributed by atoms with Gasteiger partial charge < -0.3 is 10.4 Å². The molecule has 0 unspecified atom stereocenters. The van der Waals surface area contributed by atoms with Gasteiger partial charge in [0.2, 0.25) is 11.8 Å². The second kappa shape index (κ2) is 8.42. The number of hydrogen-bond acceptors (Lipinski definition) is 4. The van der Waals surface area contributed by atoms with Crippen LogP contribution in [0.25, 0.3) is 0 Å². The Morgan fingerprint density at radius 3 is 2.42 bits per heavy atom. The number of hydrogen-bond donors (Lipinski definition) is 3. The molecule has 0 heterocycles.